The average Bonchev–Trinajstić information content (AvgIpc) is 3.46. The van der Waals surface area contributed by atoms with E-state index in [4.69, 9.17) is 0 Å². The molecule has 0 aliphatic rings. The molecule has 3 rings (SSSR count). The van der Waals surface area contributed by atoms with Crippen molar-refractivity contribution in [3.63, 3.8) is 0 Å². The van der Waals surface area contributed by atoms with Crippen LogP contribution in [-0.2, 0) is 19.6 Å². The Morgan fingerprint density at radius 2 is 1.85 bits per heavy atom. The van der Waals surface area contributed by atoms with Crippen molar-refractivity contribution in [1.82, 2.24) is 40.6 Å². The molecule has 2 unspecified atom stereocenters. The van der Waals surface area contributed by atoms with Gasteiger partial charge >= 0.3 is 6.61 Å². The quantitative estimate of drug-likeness (QED) is 0.336. The first-order valence-electron chi connectivity index (χ1n) is 9.95. The van der Waals surface area contributed by atoms with Gasteiger partial charge in [-0.25, -0.2) is 9.07 Å². The number of hydrogen-bond donors (Lipinski definition) is 3. The predicted octanol–water partition coefficient (Wildman–Crippen LogP) is 1.04. The lowest BCUT2D eigenvalue weighted by molar-refractivity contribution is -0.0498. The fourth-order valence-electron chi connectivity index (χ4n) is 2.84. The first-order valence-corrected chi connectivity index (χ1v) is 9.95. The maximum absolute atomic E-state index is 14.3. The van der Waals surface area contributed by atoms with Gasteiger partial charge in [-0.2, -0.15) is 8.78 Å². The zero-order valence-corrected chi connectivity index (χ0v) is 17.6. The molecule has 178 valence electrons. The number of aromatic nitrogens is 6. The molecule has 3 N–H and O–H groups in total. The Labute approximate surface area is 186 Å². The minimum atomic E-state index is -2.90. The highest BCUT2D eigenvalue weighted by atomic mass is 19.3. The Morgan fingerprint density at radius 3 is 2.55 bits per heavy atom. The van der Waals surface area contributed by atoms with Crippen molar-refractivity contribution in [2.75, 3.05) is 7.05 Å². The summed E-state index contributed by atoms with van der Waals surface area (Å²) in [5.41, 5.74) is 1.07. The van der Waals surface area contributed by atoms with Crippen LogP contribution < -0.4 is 15.4 Å². The third-order valence-electron chi connectivity index (χ3n) is 4.54. The predicted molar refractivity (Wildman–Crippen MR) is 108 cm³/mol. The van der Waals surface area contributed by atoms with Crippen LogP contribution in [0.1, 0.15) is 34.4 Å². The lowest BCUT2D eigenvalue weighted by Crippen LogP contribution is -2.20. The molecule has 11 nitrogen and oxygen atoms in total. The number of carbonyl (C=O) groups excluding carboxylic acids is 1. The van der Waals surface area contributed by atoms with Crippen LogP contribution >= 0.6 is 0 Å². The van der Waals surface area contributed by atoms with E-state index in [1.54, 1.807) is 12.1 Å². The number of nitrogens with one attached hydrogen (secondary N) is 2. The molecular formula is C19H23F3N8O3. The second-order valence-corrected chi connectivity index (χ2v) is 7.00. The molecule has 2 aromatic heterocycles. The van der Waals surface area contributed by atoms with E-state index in [1.165, 1.54) is 40.9 Å². The molecular weight excluding hydrogens is 445 g/mol. The molecule has 14 heteroatoms. The van der Waals surface area contributed by atoms with Gasteiger partial charge in [-0.3, -0.25) is 14.8 Å². The van der Waals surface area contributed by atoms with Crippen molar-refractivity contribution >= 4 is 5.91 Å². The fraction of sp³-hybridized carbons (Fsp3) is 0.421. The van der Waals surface area contributed by atoms with Gasteiger partial charge in [-0.15, -0.1) is 10.2 Å². The Balaban J connectivity index is 1.43. The molecule has 33 heavy (non-hydrogen) atoms. The highest BCUT2D eigenvalue weighted by Gasteiger charge is 2.15. The summed E-state index contributed by atoms with van der Waals surface area (Å²) in [4.78, 5) is 11.5. The molecule has 0 fully saturated rings. The first-order chi connectivity index (χ1) is 15.8. The SMILES string of the molecule is CNC(=O)c1cn(CCC(F)Cn2cc(C(O)NCc3ccc(OC(F)F)cc3)nn2)nn1. The monoisotopic (exact) mass is 468 g/mol. The van der Waals surface area contributed by atoms with Crippen molar-refractivity contribution in [3.05, 3.63) is 53.6 Å². The number of nitrogens with zero attached hydrogens (tertiary/aromatic N) is 6. The second kappa shape index (κ2) is 11.4. The fourth-order valence-corrected chi connectivity index (χ4v) is 2.84. The summed E-state index contributed by atoms with van der Waals surface area (Å²) in [6, 6.07) is 5.95. The number of alkyl halides is 3. The van der Waals surface area contributed by atoms with Crippen LogP contribution in [-0.4, -0.2) is 60.8 Å². The van der Waals surface area contributed by atoms with Gasteiger partial charge in [0.25, 0.3) is 5.91 Å². The molecule has 0 bridgehead atoms. The molecule has 0 radical (unpaired) electrons. The average molecular weight is 468 g/mol. The van der Waals surface area contributed by atoms with Gasteiger partial charge in [0, 0.05) is 26.6 Å². The standard InChI is InChI=1S/C19H23F3N8O3/c1-23-17(31)15-10-29(27-25-15)7-6-13(20)9-30-11-16(26-28-30)18(32)24-8-12-2-4-14(5-3-12)33-19(21)22/h2-5,10-11,13,18-19,24,32H,6-9H2,1H3,(H,23,31). The van der Waals surface area contributed by atoms with Gasteiger partial charge in [0.1, 0.15) is 17.6 Å². The summed E-state index contributed by atoms with van der Waals surface area (Å²) in [6.45, 7) is -2.53. The number of hydrogen-bond acceptors (Lipinski definition) is 8. The minimum Gasteiger partial charge on any atom is -0.435 e. The maximum atomic E-state index is 14.3. The van der Waals surface area contributed by atoms with Gasteiger partial charge in [0.2, 0.25) is 0 Å². The zero-order valence-electron chi connectivity index (χ0n) is 17.6. The second-order valence-electron chi connectivity index (χ2n) is 7.00. The summed E-state index contributed by atoms with van der Waals surface area (Å²) >= 11 is 0. The van der Waals surface area contributed by atoms with E-state index in [-0.39, 0.29) is 49.1 Å². The van der Waals surface area contributed by atoms with E-state index in [0.29, 0.717) is 0 Å². The van der Waals surface area contributed by atoms with E-state index < -0.39 is 19.0 Å². The van der Waals surface area contributed by atoms with E-state index >= 15 is 0 Å². The summed E-state index contributed by atoms with van der Waals surface area (Å²) in [6.07, 6.45) is 0.528. The lowest BCUT2D eigenvalue weighted by Gasteiger charge is -2.11. The first kappa shape index (κ1) is 24.1. The van der Waals surface area contributed by atoms with Gasteiger partial charge in [-0.05, 0) is 17.7 Å². The van der Waals surface area contributed by atoms with Crippen LogP contribution in [0, 0.1) is 0 Å². The molecule has 3 aromatic rings. The zero-order chi connectivity index (χ0) is 23.8. The molecule has 0 aliphatic heterocycles. The molecule has 0 spiro atoms. The molecule has 2 atom stereocenters. The summed E-state index contributed by atoms with van der Waals surface area (Å²) in [5, 5.41) is 30.6. The van der Waals surface area contributed by atoms with E-state index in [9.17, 15) is 23.1 Å². The summed E-state index contributed by atoms with van der Waals surface area (Å²) in [5.74, 6) is -0.341. The van der Waals surface area contributed by atoms with E-state index in [1.807, 2.05) is 0 Å². The van der Waals surface area contributed by atoms with Crippen LogP contribution in [0.5, 0.6) is 5.75 Å². The van der Waals surface area contributed by atoms with Crippen molar-refractivity contribution < 1.29 is 27.8 Å². The molecule has 0 aliphatic carbocycles. The van der Waals surface area contributed by atoms with Crippen LogP contribution in [0.4, 0.5) is 13.2 Å². The van der Waals surface area contributed by atoms with Crippen molar-refractivity contribution in [1.29, 1.82) is 0 Å². The third kappa shape index (κ3) is 7.25. The highest BCUT2D eigenvalue weighted by molar-refractivity contribution is 5.91. The van der Waals surface area contributed by atoms with Crippen LogP contribution in [0.2, 0.25) is 0 Å². The minimum absolute atomic E-state index is 0.0359. The number of carbonyl (C=O) groups is 1. The van der Waals surface area contributed by atoms with Gasteiger partial charge in [0.15, 0.2) is 11.9 Å². The number of amides is 1. The van der Waals surface area contributed by atoms with Crippen LogP contribution in [0.15, 0.2) is 36.7 Å². The van der Waals surface area contributed by atoms with E-state index in [0.717, 1.165) is 5.56 Å². The van der Waals surface area contributed by atoms with Gasteiger partial charge in [-0.1, -0.05) is 22.6 Å². The van der Waals surface area contributed by atoms with Crippen molar-refractivity contribution in [2.24, 2.45) is 0 Å². The highest BCUT2D eigenvalue weighted by Crippen LogP contribution is 2.16. The number of benzene rings is 1. The van der Waals surface area contributed by atoms with Gasteiger partial charge in [0.05, 0.1) is 18.9 Å². The van der Waals surface area contributed by atoms with Crippen molar-refractivity contribution in [3.8, 4) is 5.75 Å². The molecule has 0 saturated carbocycles. The summed E-state index contributed by atoms with van der Waals surface area (Å²) < 4.78 is 45.6. The number of aliphatic hydroxyl groups excluding tert-OH is 1. The topological polar surface area (TPSA) is 132 Å². The van der Waals surface area contributed by atoms with Crippen LogP contribution in [0.25, 0.3) is 0 Å². The largest absolute Gasteiger partial charge is 0.435 e. The van der Waals surface area contributed by atoms with Gasteiger partial charge < -0.3 is 15.2 Å². The van der Waals surface area contributed by atoms with Crippen molar-refractivity contribution in [2.45, 2.75) is 45.1 Å². The van der Waals surface area contributed by atoms with E-state index in [2.05, 4.69) is 36.0 Å². The normalized spacial score (nSPS) is 13.2. The Kier molecular flexibility index (Phi) is 8.32. The maximum Gasteiger partial charge on any atom is 0.387 e. The Bertz CT molecular complexity index is 1030. The Hall–Kier alpha value is -3.52. The molecule has 2 heterocycles. The lowest BCUT2D eigenvalue weighted by atomic mass is 10.2. The number of aliphatic hydroxyl groups is 1. The summed E-state index contributed by atoms with van der Waals surface area (Å²) in [7, 11) is 1.48. The molecule has 1 aromatic carbocycles. The third-order valence-corrected chi connectivity index (χ3v) is 4.54. The smallest absolute Gasteiger partial charge is 0.387 e. The van der Waals surface area contributed by atoms with Crippen LogP contribution in [0.3, 0.4) is 0 Å². The molecule has 0 saturated heterocycles. The number of aryl methyl sites for hydroxylation is 1. The molecule has 1 amide bonds. The number of ether oxygens (including phenoxy) is 1. The Morgan fingerprint density at radius 1 is 1.12 bits per heavy atom. The number of halogens is 3. The number of rotatable bonds is 12.